The number of hydrogen-bond acceptors (Lipinski definition) is 0. The Balaban J connectivity index is 3.38. The van der Waals surface area contributed by atoms with E-state index in [4.69, 9.17) is 0 Å². The molecule has 0 atom stereocenters. The molecule has 0 nitrogen and oxygen atoms in total. The van der Waals surface area contributed by atoms with E-state index in [1.54, 1.807) is 13.8 Å². The summed E-state index contributed by atoms with van der Waals surface area (Å²) in [5, 5.41) is 0. The van der Waals surface area contributed by atoms with Crippen molar-refractivity contribution >= 4 is 12.4 Å². The van der Waals surface area contributed by atoms with Gasteiger partial charge < -0.3 is 12.9 Å². The summed E-state index contributed by atoms with van der Waals surface area (Å²) in [5.41, 5.74) is -1.06. The quantitative estimate of drug-likeness (QED) is 0.514. The van der Waals surface area contributed by atoms with Crippen LogP contribution in [0.25, 0.3) is 0 Å². The lowest BCUT2D eigenvalue weighted by Crippen LogP contribution is -2.39. The highest BCUT2D eigenvalue weighted by Gasteiger charge is 2.31. The van der Waals surface area contributed by atoms with E-state index in [0.29, 0.717) is 0 Å². The highest BCUT2D eigenvalue weighted by Crippen LogP contribution is 2.20. The molecule has 0 amide bonds. The first-order valence-corrected chi connectivity index (χ1v) is 4.32. The molecule has 0 fully saturated rings. The third-order valence-electron chi connectivity index (χ3n) is 2.04. The van der Waals surface area contributed by atoms with Gasteiger partial charge in [0.25, 0.3) is 0 Å². The van der Waals surface area contributed by atoms with E-state index in [0.717, 1.165) is 6.07 Å². The molecule has 0 aliphatic carbocycles. The molecule has 0 unspecified atom stereocenters. The molecule has 1 aromatic rings. The van der Waals surface area contributed by atoms with Crippen molar-refractivity contribution in [2.75, 3.05) is 0 Å². The summed E-state index contributed by atoms with van der Waals surface area (Å²) in [4.78, 5) is 0. The first kappa shape index (κ1) is 11.1. The average molecular weight is 205 g/mol. The molecule has 1 rings (SSSR count). The molecular weight excluding hydrogens is 195 g/mol. The van der Waals surface area contributed by atoms with Gasteiger partial charge in [0.1, 0.15) is 0 Å². The predicted octanol–water partition coefficient (Wildman–Crippen LogP) is 3.00. The third kappa shape index (κ3) is 2.08. The summed E-state index contributed by atoms with van der Waals surface area (Å²) in [6.07, 6.45) is 0. The molecule has 0 aliphatic heterocycles. The van der Waals surface area contributed by atoms with Gasteiger partial charge in [-0.3, -0.25) is 0 Å². The van der Waals surface area contributed by atoms with Crippen LogP contribution in [-0.2, 0) is 0 Å². The van der Waals surface area contributed by atoms with Crippen LogP contribution < -0.4 is 5.46 Å². The third-order valence-corrected chi connectivity index (χ3v) is 2.04. The number of rotatable bonds is 2. The summed E-state index contributed by atoms with van der Waals surface area (Å²) >= 11 is 0. The first-order chi connectivity index (χ1) is 6.34. The molecule has 0 saturated heterocycles. The van der Waals surface area contributed by atoms with Gasteiger partial charge in [0.05, 0.1) is 5.82 Å². The topological polar surface area (TPSA) is 0 Å². The lowest BCUT2D eigenvalue weighted by molar-refractivity contribution is 0.492. The van der Waals surface area contributed by atoms with Crippen molar-refractivity contribution in [2.45, 2.75) is 19.8 Å². The van der Waals surface area contributed by atoms with Crippen molar-refractivity contribution in [3.05, 3.63) is 29.6 Å². The highest BCUT2D eigenvalue weighted by molar-refractivity contribution is 6.74. The summed E-state index contributed by atoms with van der Waals surface area (Å²) in [7, 11) is 0. The zero-order chi connectivity index (χ0) is 10.9. The first-order valence-electron chi connectivity index (χ1n) is 4.32. The lowest BCUT2D eigenvalue weighted by atomic mass is 9.74. The van der Waals surface area contributed by atoms with Crippen LogP contribution in [0.5, 0.6) is 0 Å². The largest absolute Gasteiger partial charge is 0.512 e. The minimum atomic E-state index is -5.27. The van der Waals surface area contributed by atoms with Gasteiger partial charge in [-0.1, -0.05) is 37.0 Å². The minimum Gasteiger partial charge on any atom is -0.445 e. The van der Waals surface area contributed by atoms with Crippen LogP contribution in [0.2, 0.25) is 0 Å². The van der Waals surface area contributed by atoms with E-state index in [9.17, 15) is 17.3 Å². The van der Waals surface area contributed by atoms with Crippen LogP contribution in [0.15, 0.2) is 18.2 Å². The van der Waals surface area contributed by atoms with Crippen LogP contribution in [-0.4, -0.2) is 6.98 Å². The fraction of sp³-hybridized carbons (Fsp3) is 0.333. The van der Waals surface area contributed by atoms with Gasteiger partial charge in [0.2, 0.25) is 0 Å². The Morgan fingerprint density at radius 2 is 1.71 bits per heavy atom. The lowest BCUT2D eigenvalue weighted by Gasteiger charge is -2.22. The average Bonchev–Trinajstić information content (AvgIpc) is 2.01. The molecule has 0 spiro atoms. The normalized spacial score (nSPS) is 12.2. The van der Waals surface area contributed by atoms with Crippen LogP contribution in [0, 0.1) is 5.82 Å². The van der Waals surface area contributed by atoms with Crippen LogP contribution in [0.3, 0.4) is 0 Å². The molecule has 0 radical (unpaired) electrons. The van der Waals surface area contributed by atoms with Crippen molar-refractivity contribution in [2.24, 2.45) is 0 Å². The van der Waals surface area contributed by atoms with Crippen LogP contribution in [0.4, 0.5) is 17.3 Å². The van der Waals surface area contributed by atoms with Gasteiger partial charge in [-0.25, -0.2) is 4.39 Å². The smallest absolute Gasteiger partial charge is 0.445 e. The van der Waals surface area contributed by atoms with E-state index in [1.165, 1.54) is 12.1 Å². The van der Waals surface area contributed by atoms with Crippen molar-refractivity contribution in [1.82, 2.24) is 0 Å². The molecule has 0 aliphatic rings. The summed E-state index contributed by atoms with van der Waals surface area (Å²) in [5.74, 6) is -1.51. The van der Waals surface area contributed by atoms with Crippen molar-refractivity contribution < 1.29 is 17.3 Å². The van der Waals surface area contributed by atoms with Crippen LogP contribution >= 0.6 is 0 Å². The molecule has 5 heteroatoms. The van der Waals surface area contributed by atoms with Crippen LogP contribution in [0.1, 0.15) is 25.3 Å². The Kier molecular flexibility index (Phi) is 2.88. The van der Waals surface area contributed by atoms with Gasteiger partial charge in [0.15, 0.2) is 0 Å². The summed E-state index contributed by atoms with van der Waals surface area (Å²) in [6.45, 7) is -2.05. The van der Waals surface area contributed by atoms with Crippen molar-refractivity contribution in [1.29, 1.82) is 0 Å². The van der Waals surface area contributed by atoms with Crippen molar-refractivity contribution in [3.8, 4) is 0 Å². The highest BCUT2D eigenvalue weighted by atomic mass is 19.4. The Morgan fingerprint density at radius 1 is 1.14 bits per heavy atom. The van der Waals surface area contributed by atoms with E-state index >= 15 is 0 Å². The molecule has 14 heavy (non-hydrogen) atoms. The van der Waals surface area contributed by atoms with Gasteiger partial charge in [-0.05, 0) is 12.0 Å². The van der Waals surface area contributed by atoms with E-state index < -0.39 is 18.3 Å². The molecule has 1 aromatic carbocycles. The van der Waals surface area contributed by atoms with Gasteiger partial charge in [0, 0.05) is 0 Å². The maximum Gasteiger partial charge on any atom is 0.512 e. The monoisotopic (exact) mass is 205 g/mol. The van der Waals surface area contributed by atoms with E-state index in [1.807, 2.05) is 0 Å². The summed E-state index contributed by atoms with van der Waals surface area (Å²) in [6, 6.07) is 3.46. The maximum absolute atomic E-state index is 13.0. The molecule has 0 heterocycles. The van der Waals surface area contributed by atoms with Crippen molar-refractivity contribution in [3.63, 3.8) is 0 Å². The SMILES string of the molecule is CC(C)c1cccc(F)c1[B-](F)(F)F. The van der Waals surface area contributed by atoms with E-state index in [-0.39, 0.29) is 11.5 Å². The molecule has 0 bridgehead atoms. The van der Waals surface area contributed by atoms with Gasteiger partial charge in [-0.2, -0.15) is 0 Å². The second-order valence-corrected chi connectivity index (χ2v) is 3.47. The Morgan fingerprint density at radius 3 is 2.07 bits per heavy atom. The number of hydrogen-bond donors (Lipinski definition) is 0. The molecule has 0 aromatic heterocycles. The Hall–Kier alpha value is -0.995. The standard InChI is InChI=1S/C9H10BF4/c1-6(2)7-4-3-5-8(11)9(7)10(12,13)14/h3-6H,1-2H3/q-1. The maximum atomic E-state index is 13.0. The Bertz CT molecular complexity index is 330. The van der Waals surface area contributed by atoms with E-state index in [2.05, 4.69) is 0 Å². The molecular formula is C9H10BF4-. The fourth-order valence-corrected chi connectivity index (χ4v) is 1.40. The Labute approximate surface area is 80.0 Å². The van der Waals surface area contributed by atoms with Gasteiger partial charge in [-0.15, -0.1) is 0 Å². The fourth-order valence-electron chi connectivity index (χ4n) is 1.40. The number of benzene rings is 1. The molecule has 78 valence electrons. The molecule has 0 saturated carbocycles. The zero-order valence-electron chi connectivity index (χ0n) is 7.90. The second-order valence-electron chi connectivity index (χ2n) is 3.47. The van der Waals surface area contributed by atoms with Gasteiger partial charge >= 0.3 is 6.98 Å². The predicted molar refractivity (Wildman–Crippen MR) is 49.2 cm³/mol. The number of halogens is 4. The zero-order valence-corrected chi connectivity index (χ0v) is 7.90. The second kappa shape index (κ2) is 3.63. The molecule has 0 N–H and O–H groups in total. The summed E-state index contributed by atoms with van der Waals surface area (Å²) < 4.78 is 50.5. The minimum absolute atomic E-state index is 0.0255.